The molecule has 4 rings (SSSR count). The highest BCUT2D eigenvalue weighted by Gasteiger charge is 2.29. The van der Waals surface area contributed by atoms with E-state index in [-0.39, 0.29) is 6.04 Å². The third-order valence-electron chi connectivity index (χ3n) is 5.50. The Bertz CT molecular complexity index is 661. The highest BCUT2D eigenvalue weighted by Crippen LogP contribution is 2.42. The van der Waals surface area contributed by atoms with Gasteiger partial charge in [0.25, 0.3) is 0 Å². The van der Waals surface area contributed by atoms with Crippen molar-refractivity contribution in [2.75, 3.05) is 19.6 Å². The van der Waals surface area contributed by atoms with Crippen LogP contribution in [0, 0.1) is 0 Å². The van der Waals surface area contributed by atoms with Gasteiger partial charge in [0.05, 0.1) is 6.04 Å². The van der Waals surface area contributed by atoms with Crippen LogP contribution < -0.4 is 10.1 Å². The molecule has 0 bridgehead atoms. The Hall–Kier alpha value is -1.84. The summed E-state index contributed by atoms with van der Waals surface area (Å²) in [5.74, 6) is 1.97. The summed E-state index contributed by atoms with van der Waals surface area (Å²) in [6.07, 6.45) is 5.06. The molecule has 2 aliphatic rings. The van der Waals surface area contributed by atoms with Gasteiger partial charge in [-0.2, -0.15) is 0 Å². The maximum atomic E-state index is 6.11. The minimum absolute atomic E-state index is 0.230. The first-order valence-electron chi connectivity index (χ1n) is 9.69. The van der Waals surface area contributed by atoms with Crippen LogP contribution in [0.25, 0.3) is 0 Å². The zero-order chi connectivity index (χ0) is 17.1. The third kappa shape index (κ3) is 3.58. The molecule has 1 saturated heterocycles. The predicted octanol–water partition coefficient (Wildman–Crippen LogP) is 4.74. The highest BCUT2D eigenvalue weighted by atomic mass is 16.5. The molecule has 2 aromatic rings. The number of nitrogens with one attached hydrogen (secondary N) is 1. The molecule has 3 heteroatoms. The number of likely N-dealkylation sites (tertiary alicyclic amines) is 1. The Morgan fingerprint density at radius 2 is 1.56 bits per heavy atom. The Labute approximate surface area is 151 Å². The zero-order valence-electron chi connectivity index (χ0n) is 15.1. The van der Waals surface area contributed by atoms with Crippen LogP contribution in [0.15, 0.2) is 48.5 Å². The van der Waals surface area contributed by atoms with Gasteiger partial charge >= 0.3 is 0 Å². The van der Waals surface area contributed by atoms with E-state index in [1.54, 1.807) is 0 Å². The third-order valence-corrected chi connectivity index (χ3v) is 5.50. The second-order valence-electron chi connectivity index (χ2n) is 7.25. The Balaban J connectivity index is 1.49. The average Bonchev–Trinajstić information content (AvgIpc) is 2.67. The van der Waals surface area contributed by atoms with E-state index < -0.39 is 0 Å². The van der Waals surface area contributed by atoms with E-state index in [0.717, 1.165) is 11.5 Å². The normalized spacial score (nSPS) is 18.4. The summed E-state index contributed by atoms with van der Waals surface area (Å²) in [6.45, 7) is 5.95. The molecule has 0 spiro atoms. The van der Waals surface area contributed by atoms with Crippen LogP contribution >= 0.6 is 0 Å². The number of nitrogens with zero attached hydrogens (tertiary/aromatic N) is 1. The number of fused-ring (bicyclic) bond motifs is 2. The Morgan fingerprint density at radius 3 is 2.16 bits per heavy atom. The molecular weight excluding hydrogens is 308 g/mol. The molecule has 0 aliphatic carbocycles. The second-order valence-corrected chi connectivity index (χ2v) is 7.25. The molecule has 2 aromatic carbocycles. The van der Waals surface area contributed by atoms with Crippen LogP contribution in [0.5, 0.6) is 11.5 Å². The number of hydrogen-bond acceptors (Lipinski definition) is 3. The van der Waals surface area contributed by atoms with Crippen LogP contribution in [0.1, 0.15) is 49.8 Å². The molecule has 25 heavy (non-hydrogen) atoms. The summed E-state index contributed by atoms with van der Waals surface area (Å²) in [7, 11) is 0. The molecule has 2 aliphatic heterocycles. The maximum Gasteiger partial charge on any atom is 0.132 e. The van der Waals surface area contributed by atoms with Crippen molar-refractivity contribution >= 4 is 0 Å². The lowest BCUT2D eigenvalue weighted by molar-refractivity contribution is 0.190. The second kappa shape index (κ2) is 7.59. The van der Waals surface area contributed by atoms with E-state index in [0.29, 0.717) is 6.04 Å². The van der Waals surface area contributed by atoms with Gasteiger partial charge in [-0.05, 0) is 51.0 Å². The molecule has 0 amide bonds. The number of rotatable bonds is 5. The summed E-state index contributed by atoms with van der Waals surface area (Å²) in [5, 5.41) is 3.94. The molecule has 2 heterocycles. The van der Waals surface area contributed by atoms with Crippen LogP contribution in [0.2, 0.25) is 0 Å². The van der Waals surface area contributed by atoms with Gasteiger partial charge in [0.1, 0.15) is 11.5 Å². The first kappa shape index (κ1) is 16.6. The minimum atomic E-state index is 0.230. The molecule has 1 fully saturated rings. The number of hydrogen-bond donors (Lipinski definition) is 1. The van der Waals surface area contributed by atoms with E-state index in [4.69, 9.17) is 4.74 Å². The predicted molar refractivity (Wildman–Crippen MR) is 102 cm³/mol. The molecule has 132 valence electrons. The van der Waals surface area contributed by atoms with Gasteiger partial charge in [-0.15, -0.1) is 0 Å². The van der Waals surface area contributed by atoms with Crippen LogP contribution in [0.3, 0.4) is 0 Å². The van der Waals surface area contributed by atoms with Gasteiger partial charge in [0, 0.05) is 17.2 Å². The molecule has 3 nitrogen and oxygen atoms in total. The molecular formula is C22H28N2O. The summed E-state index contributed by atoms with van der Waals surface area (Å²) >= 11 is 0. The molecule has 0 radical (unpaired) electrons. The van der Waals surface area contributed by atoms with Crippen molar-refractivity contribution in [1.82, 2.24) is 10.2 Å². The topological polar surface area (TPSA) is 24.5 Å². The van der Waals surface area contributed by atoms with Crippen molar-refractivity contribution in [2.45, 2.75) is 44.7 Å². The van der Waals surface area contributed by atoms with E-state index >= 15 is 0 Å². The number of ether oxygens (including phenoxy) is 1. The van der Waals surface area contributed by atoms with E-state index in [2.05, 4.69) is 65.7 Å². The van der Waals surface area contributed by atoms with Crippen molar-refractivity contribution in [2.24, 2.45) is 0 Å². The summed E-state index contributed by atoms with van der Waals surface area (Å²) < 4.78 is 6.11. The molecule has 1 N–H and O–H groups in total. The quantitative estimate of drug-likeness (QED) is 0.854. The average molecular weight is 336 g/mol. The lowest BCUT2D eigenvalue weighted by atomic mass is 9.92. The summed E-state index contributed by atoms with van der Waals surface area (Å²) in [5.41, 5.74) is 2.52. The van der Waals surface area contributed by atoms with Crippen molar-refractivity contribution < 1.29 is 4.74 Å². The zero-order valence-corrected chi connectivity index (χ0v) is 15.1. The van der Waals surface area contributed by atoms with E-state index in [9.17, 15) is 0 Å². The number of para-hydroxylation sites is 2. The molecule has 0 aromatic heterocycles. The summed E-state index contributed by atoms with van der Waals surface area (Å²) in [6, 6.07) is 17.7. The van der Waals surface area contributed by atoms with E-state index in [1.165, 1.54) is 56.4 Å². The van der Waals surface area contributed by atoms with Crippen molar-refractivity contribution in [3.8, 4) is 11.5 Å². The van der Waals surface area contributed by atoms with Gasteiger partial charge in [0.2, 0.25) is 0 Å². The number of piperidine rings is 1. The van der Waals surface area contributed by atoms with Gasteiger partial charge in [-0.25, -0.2) is 0 Å². The molecule has 0 unspecified atom stereocenters. The standard InChI is InChI=1S/C22H28N2O/c1-2-3-14-24-15-12-17(13-16-24)23-22-18-8-4-6-10-20(18)25-21-11-7-5-9-19(21)22/h4-11,17,22-23H,2-3,12-16H2,1H3. The SMILES string of the molecule is CCCCN1CCC(NC2c3ccccc3Oc3ccccc32)CC1. The fourth-order valence-electron chi connectivity index (χ4n) is 4.03. The lowest BCUT2D eigenvalue weighted by Gasteiger charge is -2.36. The molecule has 0 saturated carbocycles. The smallest absolute Gasteiger partial charge is 0.132 e. The molecule has 0 atom stereocenters. The van der Waals surface area contributed by atoms with Crippen molar-refractivity contribution in [3.05, 3.63) is 59.7 Å². The highest BCUT2D eigenvalue weighted by molar-refractivity contribution is 5.52. The Morgan fingerprint density at radius 1 is 0.960 bits per heavy atom. The van der Waals surface area contributed by atoms with Crippen LogP contribution in [0.4, 0.5) is 0 Å². The van der Waals surface area contributed by atoms with E-state index in [1.807, 2.05) is 0 Å². The monoisotopic (exact) mass is 336 g/mol. The minimum Gasteiger partial charge on any atom is -0.457 e. The first-order valence-corrected chi connectivity index (χ1v) is 9.69. The summed E-state index contributed by atoms with van der Waals surface area (Å²) in [4.78, 5) is 2.62. The first-order chi connectivity index (χ1) is 12.3. The largest absolute Gasteiger partial charge is 0.457 e. The number of benzene rings is 2. The van der Waals surface area contributed by atoms with Gasteiger partial charge in [-0.3, -0.25) is 0 Å². The van der Waals surface area contributed by atoms with Crippen LogP contribution in [-0.2, 0) is 0 Å². The fourth-order valence-corrected chi connectivity index (χ4v) is 4.03. The van der Waals surface area contributed by atoms with Gasteiger partial charge in [0.15, 0.2) is 0 Å². The lowest BCUT2D eigenvalue weighted by Crippen LogP contribution is -2.44. The Kier molecular flexibility index (Phi) is 5.04. The van der Waals surface area contributed by atoms with Gasteiger partial charge < -0.3 is 15.0 Å². The fraction of sp³-hybridized carbons (Fsp3) is 0.455. The van der Waals surface area contributed by atoms with Crippen molar-refractivity contribution in [1.29, 1.82) is 0 Å². The maximum absolute atomic E-state index is 6.11. The van der Waals surface area contributed by atoms with Gasteiger partial charge in [-0.1, -0.05) is 49.7 Å². The van der Waals surface area contributed by atoms with Crippen molar-refractivity contribution in [3.63, 3.8) is 0 Å². The number of unbranched alkanes of at least 4 members (excludes halogenated alkanes) is 1. The van der Waals surface area contributed by atoms with Crippen LogP contribution in [-0.4, -0.2) is 30.6 Å².